The van der Waals surface area contributed by atoms with Gasteiger partial charge in [-0.3, -0.25) is 9.13 Å². The molecule has 3 rings (SSSR count). The molecule has 0 saturated heterocycles. The Labute approximate surface area is 102 Å². The zero-order valence-corrected chi connectivity index (χ0v) is 9.50. The number of methoxy groups -OCH3 is 1. The van der Waals surface area contributed by atoms with Crippen molar-refractivity contribution in [3.05, 3.63) is 37.4 Å². The molecule has 90 valence electrons. The van der Waals surface area contributed by atoms with Gasteiger partial charge < -0.3 is 4.74 Å². The lowest BCUT2D eigenvalue weighted by Crippen LogP contribution is -2.08. The summed E-state index contributed by atoms with van der Waals surface area (Å²) in [5, 5.41) is 0. The molecule has 0 saturated carbocycles. The van der Waals surface area contributed by atoms with Crippen molar-refractivity contribution in [3.63, 3.8) is 0 Å². The first kappa shape index (κ1) is 10.4. The summed E-state index contributed by atoms with van der Waals surface area (Å²) in [4.78, 5) is 20.5. The van der Waals surface area contributed by atoms with E-state index in [0.717, 1.165) is 0 Å². The van der Waals surface area contributed by atoms with Crippen LogP contribution in [0.15, 0.2) is 37.4 Å². The largest absolute Gasteiger partial charge is 0.467 e. The molecular weight excluding hydrogens is 234 g/mol. The number of aromatic nitrogens is 7. The van der Waals surface area contributed by atoms with Crippen LogP contribution in [0.1, 0.15) is 0 Å². The summed E-state index contributed by atoms with van der Waals surface area (Å²) in [7, 11) is 1.50. The van der Waals surface area contributed by atoms with Gasteiger partial charge in [-0.1, -0.05) is 0 Å². The summed E-state index contributed by atoms with van der Waals surface area (Å²) in [6.07, 6.45) is 9.98. The van der Waals surface area contributed by atoms with Crippen LogP contribution >= 0.6 is 0 Å². The van der Waals surface area contributed by atoms with Crippen LogP contribution in [-0.4, -0.2) is 41.2 Å². The summed E-state index contributed by atoms with van der Waals surface area (Å²) < 4.78 is 8.40. The van der Waals surface area contributed by atoms with Crippen molar-refractivity contribution in [1.29, 1.82) is 0 Å². The third kappa shape index (κ3) is 1.79. The van der Waals surface area contributed by atoms with Crippen molar-refractivity contribution >= 4 is 0 Å². The molecule has 0 unspecified atom stereocenters. The van der Waals surface area contributed by atoms with Crippen LogP contribution in [-0.2, 0) is 0 Å². The third-order valence-corrected chi connectivity index (χ3v) is 2.24. The average molecular weight is 243 g/mol. The smallest absolute Gasteiger partial charge is 0.322 e. The third-order valence-electron chi connectivity index (χ3n) is 2.24. The van der Waals surface area contributed by atoms with Crippen molar-refractivity contribution in [2.45, 2.75) is 0 Å². The fourth-order valence-corrected chi connectivity index (χ4v) is 1.41. The Hall–Kier alpha value is -2.77. The second-order valence-corrected chi connectivity index (χ2v) is 3.36. The van der Waals surface area contributed by atoms with Crippen molar-refractivity contribution < 1.29 is 4.74 Å². The Kier molecular flexibility index (Phi) is 2.45. The lowest BCUT2D eigenvalue weighted by atomic mass is 10.7. The first-order valence-electron chi connectivity index (χ1n) is 5.13. The Bertz CT molecular complexity index is 580. The molecule has 8 heteroatoms. The fourth-order valence-electron chi connectivity index (χ4n) is 1.41. The van der Waals surface area contributed by atoms with E-state index >= 15 is 0 Å². The van der Waals surface area contributed by atoms with Gasteiger partial charge in [0.25, 0.3) is 0 Å². The van der Waals surface area contributed by atoms with Gasteiger partial charge in [0.1, 0.15) is 12.7 Å². The van der Waals surface area contributed by atoms with Crippen LogP contribution in [0.3, 0.4) is 0 Å². The van der Waals surface area contributed by atoms with E-state index in [1.54, 1.807) is 46.6 Å². The predicted octanol–water partition coefficient (Wildman–Crippen LogP) is 0.252. The molecule has 3 aromatic rings. The van der Waals surface area contributed by atoms with Gasteiger partial charge in [-0.2, -0.15) is 15.0 Å². The molecule has 8 nitrogen and oxygen atoms in total. The summed E-state index contributed by atoms with van der Waals surface area (Å²) >= 11 is 0. The van der Waals surface area contributed by atoms with Gasteiger partial charge in [-0.25, -0.2) is 9.97 Å². The maximum atomic E-state index is 5.06. The molecule has 3 aromatic heterocycles. The number of hydrogen-bond acceptors (Lipinski definition) is 6. The molecule has 18 heavy (non-hydrogen) atoms. The van der Waals surface area contributed by atoms with Crippen LogP contribution in [0.25, 0.3) is 11.9 Å². The van der Waals surface area contributed by atoms with E-state index in [9.17, 15) is 0 Å². The minimum Gasteiger partial charge on any atom is -0.467 e. The van der Waals surface area contributed by atoms with Crippen molar-refractivity contribution in [3.8, 4) is 17.9 Å². The summed E-state index contributed by atoms with van der Waals surface area (Å²) in [6, 6.07) is 0.234. The van der Waals surface area contributed by atoms with Gasteiger partial charge >= 0.3 is 6.01 Å². The van der Waals surface area contributed by atoms with Gasteiger partial charge in [0.2, 0.25) is 11.9 Å². The van der Waals surface area contributed by atoms with Crippen LogP contribution in [0.4, 0.5) is 0 Å². The standard InChI is InChI=1S/C10H9N7O/c1-18-10-14-8(16-4-2-11-6-16)13-9(15-10)17-5-3-12-7-17/h2-7H,1H3. The Morgan fingerprint density at radius 1 is 0.889 bits per heavy atom. The maximum absolute atomic E-state index is 5.06. The van der Waals surface area contributed by atoms with Crippen molar-refractivity contribution in [2.24, 2.45) is 0 Å². The van der Waals surface area contributed by atoms with E-state index in [1.165, 1.54) is 7.11 Å². The van der Waals surface area contributed by atoms with E-state index < -0.39 is 0 Å². The molecule has 0 radical (unpaired) electrons. The van der Waals surface area contributed by atoms with E-state index in [1.807, 2.05) is 0 Å². The van der Waals surface area contributed by atoms with Gasteiger partial charge in [-0.15, -0.1) is 0 Å². The highest BCUT2D eigenvalue weighted by atomic mass is 16.5. The highest BCUT2D eigenvalue weighted by Crippen LogP contribution is 2.10. The minimum atomic E-state index is 0.234. The minimum absolute atomic E-state index is 0.234. The molecule has 0 aromatic carbocycles. The Balaban J connectivity index is 2.13. The number of hydrogen-bond donors (Lipinski definition) is 0. The highest BCUT2D eigenvalue weighted by molar-refractivity contribution is 5.22. The molecular formula is C10H9N7O. The monoisotopic (exact) mass is 243 g/mol. The first-order chi connectivity index (χ1) is 8.86. The van der Waals surface area contributed by atoms with E-state index in [-0.39, 0.29) is 6.01 Å². The van der Waals surface area contributed by atoms with E-state index in [0.29, 0.717) is 11.9 Å². The number of rotatable bonds is 3. The average Bonchev–Trinajstić information content (AvgIpc) is 3.10. The lowest BCUT2D eigenvalue weighted by Gasteiger charge is -2.06. The number of imidazole rings is 2. The lowest BCUT2D eigenvalue weighted by molar-refractivity contribution is 0.376. The molecule has 0 aliphatic rings. The summed E-state index contributed by atoms with van der Waals surface area (Å²) in [5.74, 6) is 0.867. The Morgan fingerprint density at radius 2 is 1.44 bits per heavy atom. The van der Waals surface area contributed by atoms with Crippen LogP contribution in [0, 0.1) is 0 Å². The van der Waals surface area contributed by atoms with E-state index in [4.69, 9.17) is 4.74 Å². The van der Waals surface area contributed by atoms with Gasteiger partial charge in [-0.05, 0) is 0 Å². The van der Waals surface area contributed by atoms with Crippen LogP contribution in [0.2, 0.25) is 0 Å². The highest BCUT2D eigenvalue weighted by Gasteiger charge is 2.09. The van der Waals surface area contributed by atoms with Crippen molar-refractivity contribution in [2.75, 3.05) is 7.11 Å². The molecule has 3 heterocycles. The second kappa shape index (κ2) is 4.24. The zero-order chi connectivity index (χ0) is 12.4. The number of nitrogens with zero attached hydrogens (tertiary/aromatic N) is 7. The molecule has 0 atom stereocenters. The maximum Gasteiger partial charge on any atom is 0.322 e. The predicted molar refractivity (Wildman–Crippen MR) is 60.6 cm³/mol. The SMILES string of the molecule is COc1nc(-n2ccnc2)nc(-n2ccnc2)n1. The van der Waals surface area contributed by atoms with Gasteiger partial charge in [0.05, 0.1) is 7.11 Å². The van der Waals surface area contributed by atoms with Gasteiger partial charge in [0.15, 0.2) is 0 Å². The van der Waals surface area contributed by atoms with Gasteiger partial charge in [0, 0.05) is 24.8 Å². The molecule has 0 fully saturated rings. The van der Waals surface area contributed by atoms with Crippen LogP contribution in [0.5, 0.6) is 6.01 Å². The fraction of sp³-hybridized carbons (Fsp3) is 0.100. The summed E-state index contributed by atoms with van der Waals surface area (Å²) in [5.41, 5.74) is 0. The molecule has 0 N–H and O–H groups in total. The molecule has 0 amide bonds. The molecule has 0 spiro atoms. The normalized spacial score (nSPS) is 10.5. The quantitative estimate of drug-likeness (QED) is 0.655. The molecule has 0 bridgehead atoms. The van der Waals surface area contributed by atoms with Crippen molar-refractivity contribution in [1.82, 2.24) is 34.1 Å². The number of ether oxygens (including phenoxy) is 1. The Morgan fingerprint density at radius 3 is 1.83 bits per heavy atom. The second-order valence-electron chi connectivity index (χ2n) is 3.36. The summed E-state index contributed by atoms with van der Waals surface area (Å²) in [6.45, 7) is 0. The van der Waals surface area contributed by atoms with E-state index in [2.05, 4.69) is 24.9 Å². The molecule has 0 aliphatic carbocycles. The first-order valence-corrected chi connectivity index (χ1v) is 5.13. The zero-order valence-electron chi connectivity index (χ0n) is 9.50. The molecule has 0 aliphatic heterocycles. The topological polar surface area (TPSA) is 83.5 Å². The van der Waals surface area contributed by atoms with Crippen LogP contribution < -0.4 is 4.74 Å².